The molecule has 0 fully saturated rings. The average molecular weight is 489 g/mol. The first kappa shape index (κ1) is 18.8. The molecule has 0 unspecified atom stereocenters. The molecule has 3 rings (SSSR count). The molecule has 7 nitrogen and oxygen atoms in total. The summed E-state index contributed by atoms with van der Waals surface area (Å²) in [6, 6.07) is 4.48. The highest BCUT2D eigenvalue weighted by molar-refractivity contribution is 14.1. The lowest BCUT2D eigenvalue weighted by molar-refractivity contribution is -0.116. The number of anilines is 1. The lowest BCUT2D eigenvalue weighted by atomic mass is 10.2. The maximum Gasteiger partial charge on any atom is 0.248 e. The Hall–Kier alpha value is -2.01. The molecule has 1 amide bonds. The molecule has 0 saturated carbocycles. The molecule has 2 aromatic heterocycles. The lowest BCUT2D eigenvalue weighted by Gasteiger charge is -2.05. The van der Waals surface area contributed by atoms with Crippen LogP contribution in [0.25, 0.3) is 0 Å². The summed E-state index contributed by atoms with van der Waals surface area (Å²) in [5.74, 6) is -0.480. The third kappa shape index (κ3) is 4.58. The normalized spacial score (nSPS) is 10.9. The van der Waals surface area contributed by atoms with Crippen LogP contribution in [-0.2, 0) is 17.9 Å². The van der Waals surface area contributed by atoms with Crippen molar-refractivity contribution in [2.45, 2.75) is 26.4 Å². The van der Waals surface area contributed by atoms with Crippen molar-refractivity contribution in [2.24, 2.45) is 0 Å². The van der Waals surface area contributed by atoms with Crippen molar-refractivity contribution >= 4 is 46.0 Å². The number of benzene rings is 1. The summed E-state index contributed by atoms with van der Waals surface area (Å²) < 4.78 is 18.0. The maximum atomic E-state index is 13.8. The minimum Gasteiger partial charge on any atom is -0.293 e. The van der Waals surface area contributed by atoms with E-state index in [9.17, 15) is 9.18 Å². The number of aryl methyl sites for hydroxylation is 2. The van der Waals surface area contributed by atoms with Gasteiger partial charge in [-0.15, -0.1) is 5.10 Å². The first-order valence-electron chi connectivity index (χ1n) is 7.74. The highest BCUT2D eigenvalue weighted by atomic mass is 127. The predicted molar refractivity (Wildman–Crippen MR) is 103 cm³/mol. The summed E-state index contributed by atoms with van der Waals surface area (Å²) >= 11 is 8.20. The van der Waals surface area contributed by atoms with Gasteiger partial charge in [0.05, 0.1) is 15.8 Å². The Kier molecular flexibility index (Phi) is 5.87. The second-order valence-corrected chi connectivity index (χ2v) is 7.16. The van der Waals surface area contributed by atoms with Gasteiger partial charge < -0.3 is 0 Å². The summed E-state index contributed by atoms with van der Waals surface area (Å²) in [7, 11) is 0. The monoisotopic (exact) mass is 488 g/mol. The van der Waals surface area contributed by atoms with E-state index in [0.717, 1.165) is 9.26 Å². The first-order valence-corrected chi connectivity index (χ1v) is 9.20. The largest absolute Gasteiger partial charge is 0.293 e. The second-order valence-electron chi connectivity index (χ2n) is 5.59. The quantitative estimate of drug-likeness (QED) is 0.541. The van der Waals surface area contributed by atoms with Gasteiger partial charge in [0.25, 0.3) is 0 Å². The lowest BCUT2D eigenvalue weighted by Crippen LogP contribution is -2.16. The Morgan fingerprint density at radius 1 is 1.35 bits per heavy atom. The van der Waals surface area contributed by atoms with E-state index < -0.39 is 5.82 Å². The minimum atomic E-state index is -0.414. The van der Waals surface area contributed by atoms with E-state index in [1.807, 2.05) is 13.1 Å². The van der Waals surface area contributed by atoms with Crippen LogP contribution in [0.2, 0.25) is 5.02 Å². The van der Waals surface area contributed by atoms with Gasteiger partial charge in [-0.05, 0) is 41.6 Å². The van der Waals surface area contributed by atoms with Crippen molar-refractivity contribution in [2.75, 3.05) is 5.32 Å². The van der Waals surface area contributed by atoms with Crippen molar-refractivity contribution in [1.82, 2.24) is 24.5 Å². The number of halogens is 3. The van der Waals surface area contributed by atoms with Crippen LogP contribution in [0.5, 0.6) is 0 Å². The third-order valence-electron chi connectivity index (χ3n) is 3.62. The van der Waals surface area contributed by atoms with E-state index in [4.69, 9.17) is 11.6 Å². The molecule has 0 aliphatic heterocycles. The molecular formula is C16H15ClFIN6O. The minimum absolute atomic E-state index is 0.124. The number of aromatic nitrogens is 5. The number of amides is 1. The Balaban J connectivity index is 1.57. The molecule has 0 spiro atoms. The fourth-order valence-electron chi connectivity index (χ4n) is 2.28. The number of carbonyl (C=O) groups is 1. The smallest absolute Gasteiger partial charge is 0.248 e. The standard InChI is InChI=1S/C16H15ClFIN6O/c1-10-14(19)8-24(22-10)6-5-15(26)21-16-20-9-25(23-16)7-11-12(17)3-2-4-13(11)18/h2-4,8-9H,5-7H2,1H3,(H,21,23,26). The van der Waals surface area contributed by atoms with Crippen molar-refractivity contribution < 1.29 is 9.18 Å². The van der Waals surface area contributed by atoms with Gasteiger partial charge in [-0.1, -0.05) is 17.7 Å². The zero-order valence-corrected chi connectivity index (χ0v) is 16.7. The van der Waals surface area contributed by atoms with Gasteiger partial charge in [0, 0.05) is 29.7 Å². The summed E-state index contributed by atoms with van der Waals surface area (Å²) in [5, 5.41) is 11.4. The van der Waals surface area contributed by atoms with Gasteiger partial charge in [0.15, 0.2) is 0 Å². The van der Waals surface area contributed by atoms with E-state index in [-0.39, 0.29) is 24.8 Å². The van der Waals surface area contributed by atoms with Crippen LogP contribution in [-0.4, -0.2) is 30.5 Å². The molecule has 0 saturated heterocycles. The maximum absolute atomic E-state index is 13.8. The molecule has 0 radical (unpaired) electrons. The second kappa shape index (κ2) is 8.12. The number of carbonyl (C=O) groups excluding carboxylic acids is 1. The molecular weight excluding hydrogens is 474 g/mol. The molecule has 1 N–H and O–H groups in total. The van der Waals surface area contributed by atoms with Crippen LogP contribution in [0.1, 0.15) is 17.7 Å². The molecule has 0 aliphatic rings. The molecule has 26 heavy (non-hydrogen) atoms. The molecule has 3 aromatic rings. The zero-order chi connectivity index (χ0) is 18.7. The van der Waals surface area contributed by atoms with E-state index in [1.54, 1.807) is 10.7 Å². The van der Waals surface area contributed by atoms with Gasteiger partial charge in [-0.2, -0.15) is 5.10 Å². The van der Waals surface area contributed by atoms with Crippen LogP contribution in [0, 0.1) is 16.3 Å². The molecule has 2 heterocycles. The molecule has 136 valence electrons. The fraction of sp³-hybridized carbons (Fsp3) is 0.250. The highest BCUT2D eigenvalue weighted by Crippen LogP contribution is 2.19. The summed E-state index contributed by atoms with van der Waals surface area (Å²) in [6.07, 6.45) is 3.54. The van der Waals surface area contributed by atoms with Crippen LogP contribution in [0.15, 0.2) is 30.7 Å². The zero-order valence-electron chi connectivity index (χ0n) is 13.8. The number of hydrogen-bond acceptors (Lipinski definition) is 4. The van der Waals surface area contributed by atoms with Gasteiger partial charge in [-0.3, -0.25) is 14.8 Å². The van der Waals surface area contributed by atoms with Gasteiger partial charge in [0.2, 0.25) is 11.9 Å². The van der Waals surface area contributed by atoms with Crippen molar-refractivity contribution in [3.05, 3.63) is 56.4 Å². The molecule has 10 heteroatoms. The van der Waals surface area contributed by atoms with Crippen LogP contribution in [0.3, 0.4) is 0 Å². The summed E-state index contributed by atoms with van der Waals surface area (Å²) in [6.45, 7) is 2.50. The van der Waals surface area contributed by atoms with Crippen molar-refractivity contribution in [1.29, 1.82) is 0 Å². The number of rotatable bonds is 6. The number of nitrogens with one attached hydrogen (secondary N) is 1. The third-order valence-corrected chi connectivity index (χ3v) is 5.04. The average Bonchev–Trinajstić information content (AvgIpc) is 3.16. The summed E-state index contributed by atoms with van der Waals surface area (Å²) in [4.78, 5) is 16.0. The van der Waals surface area contributed by atoms with Crippen LogP contribution in [0.4, 0.5) is 10.3 Å². The topological polar surface area (TPSA) is 77.6 Å². The Labute approximate surface area is 167 Å². The highest BCUT2D eigenvalue weighted by Gasteiger charge is 2.11. The van der Waals surface area contributed by atoms with Gasteiger partial charge in [0.1, 0.15) is 12.1 Å². The van der Waals surface area contributed by atoms with E-state index >= 15 is 0 Å². The summed E-state index contributed by atoms with van der Waals surface area (Å²) in [5.41, 5.74) is 1.25. The Bertz CT molecular complexity index is 901. The van der Waals surface area contributed by atoms with Crippen molar-refractivity contribution in [3.8, 4) is 0 Å². The SMILES string of the molecule is Cc1nn(CCC(=O)Nc2ncn(Cc3c(F)cccc3Cl)n2)cc1I. The molecule has 0 atom stereocenters. The molecule has 0 aliphatic carbocycles. The van der Waals surface area contributed by atoms with E-state index in [0.29, 0.717) is 17.1 Å². The van der Waals surface area contributed by atoms with Crippen molar-refractivity contribution in [3.63, 3.8) is 0 Å². The molecule has 1 aromatic carbocycles. The number of nitrogens with zero attached hydrogens (tertiary/aromatic N) is 5. The van der Waals surface area contributed by atoms with Gasteiger partial charge in [-0.25, -0.2) is 14.1 Å². The van der Waals surface area contributed by atoms with E-state index in [2.05, 4.69) is 43.1 Å². The Morgan fingerprint density at radius 2 is 2.15 bits per heavy atom. The van der Waals surface area contributed by atoms with Crippen LogP contribution < -0.4 is 5.32 Å². The number of hydrogen-bond donors (Lipinski definition) is 1. The fourth-order valence-corrected chi connectivity index (χ4v) is 2.94. The Morgan fingerprint density at radius 3 is 2.85 bits per heavy atom. The van der Waals surface area contributed by atoms with E-state index in [1.165, 1.54) is 23.1 Å². The van der Waals surface area contributed by atoms with Gasteiger partial charge >= 0.3 is 0 Å². The first-order chi connectivity index (χ1) is 12.4. The predicted octanol–water partition coefficient (Wildman–Crippen LogP) is 3.26. The van der Waals surface area contributed by atoms with Crippen LogP contribution >= 0.6 is 34.2 Å². The molecule has 0 bridgehead atoms.